The van der Waals surface area contributed by atoms with Gasteiger partial charge < -0.3 is 9.15 Å². The molecular weight excluding hydrogens is 299 g/mol. The number of hydrogen-bond acceptors (Lipinski definition) is 4. The first kappa shape index (κ1) is 14.7. The Morgan fingerprint density at radius 3 is 2.04 bits per heavy atom. The van der Waals surface area contributed by atoms with E-state index in [4.69, 9.17) is 9.15 Å². The summed E-state index contributed by atoms with van der Waals surface area (Å²) in [6, 6.07) is 14.5. The number of benzene rings is 2. The molecule has 0 aliphatic heterocycles. The van der Waals surface area contributed by atoms with Crippen molar-refractivity contribution in [2.45, 2.75) is 0 Å². The SMILES string of the molecule is O=C(c1ccc(F)cc1)c1ccc(OC(=O)c2ccco2)cc1. The third kappa shape index (κ3) is 3.35. The van der Waals surface area contributed by atoms with Gasteiger partial charge in [0.15, 0.2) is 5.78 Å². The van der Waals surface area contributed by atoms with Gasteiger partial charge in [0, 0.05) is 11.1 Å². The van der Waals surface area contributed by atoms with E-state index in [1.54, 1.807) is 6.07 Å². The van der Waals surface area contributed by atoms with Gasteiger partial charge in [-0.3, -0.25) is 4.79 Å². The van der Waals surface area contributed by atoms with Crippen molar-refractivity contribution < 1.29 is 23.1 Å². The van der Waals surface area contributed by atoms with Gasteiger partial charge in [-0.15, -0.1) is 0 Å². The number of halogens is 1. The van der Waals surface area contributed by atoms with Crippen LogP contribution < -0.4 is 4.74 Å². The molecule has 2 aromatic carbocycles. The van der Waals surface area contributed by atoms with Crippen LogP contribution in [0.5, 0.6) is 5.75 Å². The number of carbonyl (C=O) groups is 2. The van der Waals surface area contributed by atoms with Crippen molar-refractivity contribution in [3.05, 3.63) is 89.6 Å². The number of furan rings is 1. The second-order valence-electron chi connectivity index (χ2n) is 4.73. The Morgan fingerprint density at radius 1 is 0.870 bits per heavy atom. The molecule has 0 N–H and O–H groups in total. The van der Waals surface area contributed by atoms with Gasteiger partial charge in [-0.2, -0.15) is 0 Å². The second-order valence-corrected chi connectivity index (χ2v) is 4.73. The molecule has 0 aliphatic carbocycles. The van der Waals surface area contributed by atoms with Crippen LogP contribution in [0.1, 0.15) is 26.5 Å². The molecule has 0 saturated carbocycles. The molecule has 3 aromatic rings. The third-order valence-electron chi connectivity index (χ3n) is 3.16. The highest BCUT2D eigenvalue weighted by molar-refractivity contribution is 6.09. The number of carbonyl (C=O) groups excluding carboxylic acids is 2. The number of hydrogen-bond donors (Lipinski definition) is 0. The van der Waals surface area contributed by atoms with Crippen LogP contribution in [0.15, 0.2) is 71.3 Å². The summed E-state index contributed by atoms with van der Waals surface area (Å²) < 4.78 is 22.9. The van der Waals surface area contributed by atoms with E-state index in [0.717, 1.165) is 0 Å². The first-order valence-electron chi connectivity index (χ1n) is 6.79. The van der Waals surface area contributed by atoms with E-state index >= 15 is 0 Å². The Labute approximate surface area is 131 Å². The summed E-state index contributed by atoms with van der Waals surface area (Å²) >= 11 is 0. The van der Waals surface area contributed by atoms with Crippen molar-refractivity contribution >= 4 is 11.8 Å². The highest BCUT2D eigenvalue weighted by Gasteiger charge is 2.13. The standard InChI is InChI=1S/C18H11FO4/c19-14-7-3-12(4-8-14)17(20)13-5-9-15(10-6-13)23-18(21)16-2-1-11-22-16/h1-11H. The third-order valence-corrected chi connectivity index (χ3v) is 3.16. The molecule has 0 unspecified atom stereocenters. The summed E-state index contributed by atoms with van der Waals surface area (Å²) in [4.78, 5) is 24.0. The minimum absolute atomic E-state index is 0.0939. The molecule has 1 aromatic heterocycles. The number of rotatable bonds is 4. The van der Waals surface area contributed by atoms with Crippen LogP contribution >= 0.6 is 0 Å². The molecule has 0 bridgehead atoms. The van der Waals surface area contributed by atoms with Crippen molar-refractivity contribution in [2.75, 3.05) is 0 Å². The van der Waals surface area contributed by atoms with E-state index in [2.05, 4.69) is 0 Å². The van der Waals surface area contributed by atoms with Crippen molar-refractivity contribution in [3.63, 3.8) is 0 Å². The molecule has 114 valence electrons. The smallest absolute Gasteiger partial charge is 0.379 e. The van der Waals surface area contributed by atoms with Gasteiger partial charge in [0.25, 0.3) is 0 Å². The van der Waals surface area contributed by atoms with Crippen LogP contribution in [0.25, 0.3) is 0 Å². The second kappa shape index (κ2) is 6.27. The summed E-state index contributed by atoms with van der Waals surface area (Å²) in [5.41, 5.74) is 0.793. The lowest BCUT2D eigenvalue weighted by molar-refractivity contribution is 0.0701. The van der Waals surface area contributed by atoms with Gasteiger partial charge in [0.05, 0.1) is 6.26 Å². The highest BCUT2D eigenvalue weighted by atomic mass is 19.1. The lowest BCUT2D eigenvalue weighted by Gasteiger charge is -2.04. The number of esters is 1. The number of ether oxygens (including phenoxy) is 1. The normalized spacial score (nSPS) is 10.3. The van der Waals surface area contributed by atoms with E-state index in [-0.39, 0.29) is 11.5 Å². The molecular formula is C18H11FO4. The lowest BCUT2D eigenvalue weighted by Crippen LogP contribution is -2.07. The van der Waals surface area contributed by atoms with Crippen LogP contribution in [0, 0.1) is 5.82 Å². The Hall–Kier alpha value is -3.21. The molecule has 0 saturated heterocycles. The molecule has 4 nitrogen and oxygen atoms in total. The molecule has 3 rings (SSSR count). The molecule has 5 heteroatoms. The minimum atomic E-state index is -0.618. The molecule has 0 atom stereocenters. The van der Waals surface area contributed by atoms with E-state index < -0.39 is 11.8 Å². The molecule has 0 amide bonds. The average molecular weight is 310 g/mol. The zero-order chi connectivity index (χ0) is 16.2. The summed E-state index contributed by atoms with van der Waals surface area (Å²) in [5.74, 6) is -0.873. The van der Waals surface area contributed by atoms with Gasteiger partial charge in [-0.1, -0.05) is 0 Å². The van der Waals surface area contributed by atoms with E-state index in [0.29, 0.717) is 16.9 Å². The quantitative estimate of drug-likeness (QED) is 0.417. The Bertz CT molecular complexity index is 818. The van der Waals surface area contributed by atoms with Gasteiger partial charge in [0.2, 0.25) is 5.76 Å². The summed E-state index contributed by atoms with van der Waals surface area (Å²) in [6.45, 7) is 0. The first-order valence-corrected chi connectivity index (χ1v) is 6.79. The summed E-state index contributed by atoms with van der Waals surface area (Å²) in [5, 5.41) is 0. The predicted octanol–water partition coefficient (Wildman–Crippen LogP) is 3.87. The predicted molar refractivity (Wildman–Crippen MR) is 79.9 cm³/mol. The lowest BCUT2D eigenvalue weighted by atomic mass is 10.0. The zero-order valence-electron chi connectivity index (χ0n) is 11.9. The van der Waals surface area contributed by atoms with Crippen LogP contribution in [0.2, 0.25) is 0 Å². The zero-order valence-corrected chi connectivity index (χ0v) is 11.9. The Morgan fingerprint density at radius 2 is 1.48 bits per heavy atom. The summed E-state index contributed by atoms with van der Waals surface area (Å²) in [6.07, 6.45) is 1.38. The average Bonchev–Trinajstić information content (AvgIpc) is 3.10. The van der Waals surface area contributed by atoms with E-state index in [9.17, 15) is 14.0 Å². The molecule has 0 spiro atoms. The molecule has 1 heterocycles. The first-order chi connectivity index (χ1) is 11.1. The fraction of sp³-hybridized carbons (Fsp3) is 0. The highest BCUT2D eigenvalue weighted by Crippen LogP contribution is 2.17. The van der Waals surface area contributed by atoms with Gasteiger partial charge in [-0.05, 0) is 60.7 Å². The molecule has 0 aliphatic rings. The van der Waals surface area contributed by atoms with E-state index in [1.165, 1.54) is 60.9 Å². The fourth-order valence-corrected chi connectivity index (χ4v) is 1.99. The fourth-order valence-electron chi connectivity index (χ4n) is 1.99. The Balaban J connectivity index is 1.73. The van der Waals surface area contributed by atoms with Gasteiger partial charge in [0.1, 0.15) is 11.6 Å². The Kier molecular flexibility index (Phi) is 4.01. The molecule has 0 radical (unpaired) electrons. The van der Waals surface area contributed by atoms with E-state index in [1.807, 2.05) is 0 Å². The van der Waals surface area contributed by atoms with Crippen molar-refractivity contribution in [2.24, 2.45) is 0 Å². The molecule has 0 fully saturated rings. The van der Waals surface area contributed by atoms with Crippen LogP contribution in [-0.4, -0.2) is 11.8 Å². The monoisotopic (exact) mass is 310 g/mol. The van der Waals surface area contributed by atoms with Gasteiger partial charge in [-0.25, -0.2) is 9.18 Å². The maximum Gasteiger partial charge on any atom is 0.379 e. The van der Waals surface area contributed by atoms with Crippen molar-refractivity contribution in [3.8, 4) is 5.75 Å². The van der Waals surface area contributed by atoms with Crippen LogP contribution in [0.4, 0.5) is 4.39 Å². The van der Waals surface area contributed by atoms with Crippen LogP contribution in [0.3, 0.4) is 0 Å². The minimum Gasteiger partial charge on any atom is -0.457 e. The van der Waals surface area contributed by atoms with Crippen molar-refractivity contribution in [1.82, 2.24) is 0 Å². The topological polar surface area (TPSA) is 56.5 Å². The summed E-state index contributed by atoms with van der Waals surface area (Å²) in [7, 11) is 0. The maximum atomic E-state index is 12.9. The number of ketones is 1. The van der Waals surface area contributed by atoms with Crippen molar-refractivity contribution in [1.29, 1.82) is 0 Å². The maximum absolute atomic E-state index is 12.9. The molecule has 23 heavy (non-hydrogen) atoms. The van der Waals surface area contributed by atoms with Gasteiger partial charge >= 0.3 is 5.97 Å². The van der Waals surface area contributed by atoms with Crippen LogP contribution in [-0.2, 0) is 0 Å². The largest absolute Gasteiger partial charge is 0.457 e.